The van der Waals surface area contributed by atoms with Gasteiger partial charge in [-0.25, -0.2) is 4.79 Å². The van der Waals surface area contributed by atoms with Crippen LogP contribution in [0.4, 0.5) is 0 Å². The summed E-state index contributed by atoms with van der Waals surface area (Å²) >= 11 is 1.39. The van der Waals surface area contributed by atoms with Crippen molar-refractivity contribution in [3.05, 3.63) is 29.8 Å². The summed E-state index contributed by atoms with van der Waals surface area (Å²) in [5, 5.41) is 17.9. The van der Waals surface area contributed by atoms with Gasteiger partial charge in [0.25, 0.3) is 5.91 Å². The van der Waals surface area contributed by atoms with Gasteiger partial charge in [-0.3, -0.25) is 4.79 Å². The van der Waals surface area contributed by atoms with Gasteiger partial charge in [-0.05, 0) is 12.1 Å². The van der Waals surface area contributed by atoms with Crippen LogP contribution >= 0.6 is 11.8 Å². The van der Waals surface area contributed by atoms with Gasteiger partial charge in [-0.2, -0.15) is 5.26 Å². The molecule has 104 valence electrons. The number of para-hydroxylation sites is 1. The van der Waals surface area contributed by atoms with Crippen molar-refractivity contribution in [2.45, 2.75) is 6.04 Å². The third-order valence-corrected chi connectivity index (χ3v) is 3.86. The smallest absolute Gasteiger partial charge is 0.327 e. The summed E-state index contributed by atoms with van der Waals surface area (Å²) in [6, 6.07) is 7.75. The molecule has 1 aliphatic rings. The Balaban J connectivity index is 1.99. The lowest BCUT2D eigenvalue weighted by atomic mass is 10.2. The van der Waals surface area contributed by atoms with E-state index in [0.717, 1.165) is 0 Å². The number of nitrogens with zero attached hydrogens (tertiary/aromatic N) is 2. The monoisotopic (exact) mass is 292 g/mol. The Morgan fingerprint density at radius 2 is 2.25 bits per heavy atom. The van der Waals surface area contributed by atoms with Crippen molar-refractivity contribution >= 4 is 23.6 Å². The number of hydrogen-bond donors (Lipinski definition) is 1. The third-order valence-electron chi connectivity index (χ3n) is 2.85. The summed E-state index contributed by atoms with van der Waals surface area (Å²) in [6.45, 7) is -0.275. The number of carbonyl (C=O) groups excluding carboxylic acids is 1. The minimum absolute atomic E-state index is 0.275. The summed E-state index contributed by atoms with van der Waals surface area (Å²) in [5.74, 6) is -0.354. The van der Waals surface area contributed by atoms with Crippen LogP contribution in [0.3, 0.4) is 0 Å². The molecule has 1 fully saturated rings. The van der Waals surface area contributed by atoms with Gasteiger partial charge in [0.2, 0.25) is 0 Å². The molecule has 0 bridgehead atoms. The quantitative estimate of drug-likeness (QED) is 0.887. The van der Waals surface area contributed by atoms with Gasteiger partial charge in [0.1, 0.15) is 17.9 Å². The lowest BCUT2D eigenvalue weighted by molar-refractivity contribution is -0.148. The summed E-state index contributed by atoms with van der Waals surface area (Å²) < 4.78 is 5.31. The number of carboxylic acid groups (broad SMARTS) is 1. The Morgan fingerprint density at radius 1 is 1.50 bits per heavy atom. The molecule has 20 heavy (non-hydrogen) atoms. The zero-order valence-corrected chi connectivity index (χ0v) is 11.3. The maximum Gasteiger partial charge on any atom is 0.327 e. The maximum absolute atomic E-state index is 12.0. The Morgan fingerprint density at radius 3 is 2.95 bits per heavy atom. The van der Waals surface area contributed by atoms with E-state index >= 15 is 0 Å². The largest absolute Gasteiger partial charge is 0.482 e. The molecule has 1 amide bonds. The predicted molar refractivity (Wildman–Crippen MR) is 72.2 cm³/mol. The molecule has 0 saturated carbocycles. The standard InChI is InChI=1S/C13H12N2O4S/c14-5-9-3-1-2-4-11(9)19-6-12(16)15-8-20-7-10(15)13(17)18/h1-4,10H,6-8H2,(H,17,18). The van der Waals surface area contributed by atoms with Gasteiger partial charge in [-0.1, -0.05) is 12.1 Å². The number of aliphatic carboxylic acids is 1. The van der Waals surface area contributed by atoms with Gasteiger partial charge in [-0.15, -0.1) is 11.8 Å². The van der Waals surface area contributed by atoms with Crippen LogP contribution in [0.25, 0.3) is 0 Å². The number of benzene rings is 1. The van der Waals surface area contributed by atoms with Gasteiger partial charge in [0, 0.05) is 5.75 Å². The normalized spacial score (nSPS) is 17.6. The highest BCUT2D eigenvalue weighted by Gasteiger charge is 2.34. The van der Waals surface area contributed by atoms with Crippen LogP contribution in [0.2, 0.25) is 0 Å². The number of ether oxygens (including phenoxy) is 1. The van der Waals surface area contributed by atoms with Crippen molar-refractivity contribution in [3.63, 3.8) is 0 Å². The van der Waals surface area contributed by atoms with Crippen LogP contribution in [-0.4, -0.2) is 46.2 Å². The molecule has 0 spiro atoms. The minimum Gasteiger partial charge on any atom is -0.482 e. The number of amides is 1. The van der Waals surface area contributed by atoms with Gasteiger partial charge in [0.05, 0.1) is 11.4 Å². The van der Waals surface area contributed by atoms with E-state index in [4.69, 9.17) is 15.1 Å². The van der Waals surface area contributed by atoms with Crippen molar-refractivity contribution in [1.29, 1.82) is 5.26 Å². The lowest BCUT2D eigenvalue weighted by Gasteiger charge is -2.20. The Bertz CT molecular complexity index is 570. The Kier molecular flexibility index (Phi) is 4.48. The summed E-state index contributed by atoms with van der Waals surface area (Å²) in [7, 11) is 0. The molecule has 1 aliphatic heterocycles. The molecule has 0 aromatic heterocycles. The van der Waals surface area contributed by atoms with E-state index < -0.39 is 17.9 Å². The fourth-order valence-electron chi connectivity index (χ4n) is 1.80. The number of rotatable bonds is 4. The van der Waals surface area contributed by atoms with E-state index in [-0.39, 0.29) is 6.61 Å². The molecule has 2 rings (SSSR count). The summed E-state index contributed by atoms with van der Waals surface area (Å²) in [5.41, 5.74) is 0.339. The van der Waals surface area contributed by atoms with Crippen LogP contribution in [0, 0.1) is 11.3 Å². The van der Waals surface area contributed by atoms with E-state index in [9.17, 15) is 9.59 Å². The van der Waals surface area contributed by atoms with E-state index in [1.165, 1.54) is 16.7 Å². The van der Waals surface area contributed by atoms with Crippen molar-refractivity contribution in [2.75, 3.05) is 18.2 Å². The molecule has 1 N–H and O–H groups in total. The van der Waals surface area contributed by atoms with Gasteiger partial charge < -0.3 is 14.7 Å². The fourth-order valence-corrected chi connectivity index (χ4v) is 2.97. The predicted octanol–water partition coefficient (Wildman–Crippen LogP) is 0.923. The number of thioether (sulfide) groups is 1. The lowest BCUT2D eigenvalue weighted by Crippen LogP contribution is -2.43. The highest BCUT2D eigenvalue weighted by molar-refractivity contribution is 7.99. The second-order valence-corrected chi connectivity index (χ2v) is 5.11. The summed E-state index contributed by atoms with van der Waals surface area (Å²) in [6.07, 6.45) is 0. The molecule has 1 atom stereocenters. The number of nitriles is 1. The van der Waals surface area contributed by atoms with Gasteiger partial charge >= 0.3 is 5.97 Å². The van der Waals surface area contributed by atoms with Crippen molar-refractivity contribution < 1.29 is 19.4 Å². The van der Waals surface area contributed by atoms with Crippen LogP contribution in [0.1, 0.15) is 5.56 Å². The first-order chi connectivity index (χ1) is 9.63. The SMILES string of the molecule is N#Cc1ccccc1OCC(=O)N1CSCC1C(=O)O. The average molecular weight is 292 g/mol. The summed E-state index contributed by atoms with van der Waals surface area (Å²) in [4.78, 5) is 24.3. The zero-order valence-electron chi connectivity index (χ0n) is 10.5. The first-order valence-corrected chi connectivity index (χ1v) is 7.01. The second-order valence-electron chi connectivity index (χ2n) is 4.11. The molecule has 6 nitrogen and oxygen atoms in total. The molecule has 0 radical (unpaired) electrons. The highest BCUT2D eigenvalue weighted by atomic mass is 32.2. The van der Waals surface area contributed by atoms with Crippen LogP contribution < -0.4 is 4.74 Å². The zero-order chi connectivity index (χ0) is 14.5. The molecule has 7 heteroatoms. The molecule has 0 aliphatic carbocycles. The molecule has 1 aromatic carbocycles. The number of carboxylic acids is 1. The average Bonchev–Trinajstić information content (AvgIpc) is 2.94. The number of carbonyl (C=O) groups is 2. The topological polar surface area (TPSA) is 90.6 Å². The Hall–Kier alpha value is -2.20. The van der Waals surface area contributed by atoms with Gasteiger partial charge in [0.15, 0.2) is 6.61 Å². The first kappa shape index (κ1) is 14.2. The van der Waals surface area contributed by atoms with Crippen molar-refractivity contribution in [3.8, 4) is 11.8 Å². The third kappa shape index (κ3) is 3.03. The number of hydrogen-bond acceptors (Lipinski definition) is 5. The Labute approximate surface area is 119 Å². The molecule has 1 saturated heterocycles. The molecule has 1 unspecified atom stereocenters. The van der Waals surface area contributed by atoms with E-state index in [1.807, 2.05) is 6.07 Å². The van der Waals surface area contributed by atoms with Crippen LogP contribution in [0.15, 0.2) is 24.3 Å². The molecular weight excluding hydrogens is 280 g/mol. The maximum atomic E-state index is 12.0. The minimum atomic E-state index is -1.01. The second kappa shape index (κ2) is 6.30. The van der Waals surface area contributed by atoms with Crippen molar-refractivity contribution in [1.82, 2.24) is 4.90 Å². The van der Waals surface area contributed by atoms with Crippen LogP contribution in [0.5, 0.6) is 5.75 Å². The molecule has 1 aromatic rings. The van der Waals surface area contributed by atoms with E-state index in [2.05, 4.69) is 0 Å². The fraction of sp³-hybridized carbons (Fsp3) is 0.308. The van der Waals surface area contributed by atoms with E-state index in [1.54, 1.807) is 24.3 Å². The van der Waals surface area contributed by atoms with Crippen molar-refractivity contribution in [2.24, 2.45) is 0 Å². The van der Waals surface area contributed by atoms with E-state index in [0.29, 0.717) is 22.9 Å². The molecular formula is C13H12N2O4S. The first-order valence-electron chi connectivity index (χ1n) is 5.85. The van der Waals surface area contributed by atoms with Crippen LogP contribution in [-0.2, 0) is 9.59 Å². The molecule has 1 heterocycles. The highest BCUT2D eigenvalue weighted by Crippen LogP contribution is 2.22.